The summed E-state index contributed by atoms with van der Waals surface area (Å²) in [6.07, 6.45) is 3.37. The lowest BCUT2D eigenvalue weighted by atomic mass is 10.1. The van der Waals surface area contributed by atoms with Gasteiger partial charge in [0.15, 0.2) is 5.50 Å². The number of hydrazone groups is 1. The zero-order valence-corrected chi connectivity index (χ0v) is 13.7. The molecule has 4 rings (SSSR count). The van der Waals surface area contributed by atoms with Gasteiger partial charge in [0.05, 0.1) is 5.56 Å². The lowest BCUT2D eigenvalue weighted by Gasteiger charge is -2.12. The molecule has 1 aliphatic heterocycles. The molecule has 2 aromatic heterocycles. The van der Waals surface area contributed by atoms with Gasteiger partial charge in [-0.15, -0.1) is 0 Å². The Morgan fingerprint density at radius 2 is 1.96 bits per heavy atom. The monoisotopic (exact) mass is 351 g/mol. The van der Waals surface area contributed by atoms with Gasteiger partial charge in [0, 0.05) is 34.9 Å². The number of aromatic nitrogens is 2. The summed E-state index contributed by atoms with van der Waals surface area (Å²) in [6.45, 7) is 0. The number of hydrogen-bond donors (Lipinski definition) is 3. The van der Waals surface area contributed by atoms with Crippen LogP contribution in [0.1, 0.15) is 15.9 Å². The zero-order chi connectivity index (χ0) is 17.2. The Morgan fingerprint density at radius 3 is 2.80 bits per heavy atom. The molecule has 1 unspecified atom stereocenters. The molecule has 1 atom stereocenters. The number of aromatic amines is 1. The van der Waals surface area contributed by atoms with Gasteiger partial charge in [0.2, 0.25) is 5.56 Å². The largest absolute Gasteiger partial charge is 0.322 e. The number of H-pyrrole nitrogens is 1. The highest BCUT2D eigenvalue weighted by Gasteiger charge is 2.23. The fourth-order valence-corrected chi connectivity index (χ4v) is 3.43. The number of nitrogens with zero attached hydrogens (tertiary/aromatic N) is 2. The molecule has 8 heteroatoms. The Morgan fingerprint density at radius 1 is 1.16 bits per heavy atom. The molecule has 7 nitrogen and oxygen atoms in total. The molecule has 3 N–H and O–H groups in total. The van der Waals surface area contributed by atoms with Crippen LogP contribution in [-0.4, -0.2) is 26.4 Å². The van der Waals surface area contributed by atoms with Crippen LogP contribution in [0.15, 0.2) is 64.8 Å². The normalized spacial score (nSPS) is 16.3. The first-order chi connectivity index (χ1) is 12.2. The number of rotatable bonds is 3. The molecular formula is C17H13N5O2S. The second-order valence-electron chi connectivity index (χ2n) is 5.35. The molecule has 0 saturated carbocycles. The average molecular weight is 351 g/mol. The third-order valence-electron chi connectivity index (χ3n) is 3.70. The molecule has 3 heterocycles. The van der Waals surface area contributed by atoms with Crippen LogP contribution >= 0.6 is 11.8 Å². The lowest BCUT2D eigenvalue weighted by Crippen LogP contribution is -2.39. The standard InChI is InChI=1S/C17H13N5O2S/c23-14-9-12(11-3-1-2-4-13(11)19-14)15(24)20-17-22-21-16(25-17)10-5-7-18-8-6-10/h1-9,17,22H,(H,19,23)(H,20,24). The number of nitrogens with one attached hydrogen (secondary N) is 3. The van der Waals surface area contributed by atoms with Crippen molar-refractivity contribution in [2.24, 2.45) is 5.10 Å². The van der Waals surface area contributed by atoms with E-state index in [-0.39, 0.29) is 11.5 Å². The van der Waals surface area contributed by atoms with Crippen molar-refractivity contribution in [2.75, 3.05) is 0 Å². The van der Waals surface area contributed by atoms with Gasteiger partial charge < -0.3 is 10.3 Å². The van der Waals surface area contributed by atoms with Gasteiger partial charge in [-0.3, -0.25) is 20.0 Å². The summed E-state index contributed by atoms with van der Waals surface area (Å²) in [5.41, 5.74) is 4.04. The Balaban J connectivity index is 1.53. The summed E-state index contributed by atoms with van der Waals surface area (Å²) in [4.78, 5) is 31.1. The minimum absolute atomic E-state index is 0.315. The van der Waals surface area contributed by atoms with E-state index in [0.717, 1.165) is 10.6 Å². The number of benzene rings is 1. The summed E-state index contributed by atoms with van der Waals surface area (Å²) in [5, 5.41) is 8.54. The fraction of sp³-hybridized carbons (Fsp3) is 0.0588. The number of carbonyl (C=O) groups excluding carboxylic acids is 1. The van der Waals surface area contributed by atoms with Crippen LogP contribution in [-0.2, 0) is 0 Å². The Labute approximate surface area is 146 Å². The van der Waals surface area contributed by atoms with Gasteiger partial charge >= 0.3 is 0 Å². The quantitative estimate of drug-likeness (QED) is 0.666. The highest BCUT2D eigenvalue weighted by molar-refractivity contribution is 8.15. The maximum absolute atomic E-state index is 12.6. The van der Waals surface area contributed by atoms with E-state index >= 15 is 0 Å². The van der Waals surface area contributed by atoms with Crippen molar-refractivity contribution in [3.63, 3.8) is 0 Å². The lowest BCUT2D eigenvalue weighted by molar-refractivity contribution is 0.0947. The zero-order valence-electron chi connectivity index (χ0n) is 12.9. The molecule has 25 heavy (non-hydrogen) atoms. The third kappa shape index (κ3) is 3.11. The van der Waals surface area contributed by atoms with Crippen LogP contribution in [0, 0.1) is 0 Å². The second kappa shape index (κ2) is 6.40. The first-order valence-electron chi connectivity index (χ1n) is 7.54. The molecule has 0 bridgehead atoms. The van der Waals surface area contributed by atoms with Gasteiger partial charge in [-0.25, -0.2) is 0 Å². The Kier molecular flexibility index (Phi) is 3.95. The maximum atomic E-state index is 12.6. The number of pyridine rings is 2. The summed E-state index contributed by atoms with van der Waals surface area (Å²) in [6, 6.07) is 12.2. The van der Waals surface area contributed by atoms with E-state index in [9.17, 15) is 9.59 Å². The van der Waals surface area contributed by atoms with Crippen LogP contribution in [0.4, 0.5) is 0 Å². The highest BCUT2D eigenvalue weighted by Crippen LogP contribution is 2.22. The van der Waals surface area contributed by atoms with E-state index < -0.39 is 5.50 Å². The molecule has 0 radical (unpaired) electrons. The molecule has 0 saturated heterocycles. The van der Waals surface area contributed by atoms with Crippen LogP contribution in [0.2, 0.25) is 0 Å². The molecule has 124 valence electrons. The van der Waals surface area contributed by atoms with Gasteiger partial charge in [-0.05, 0) is 18.2 Å². The smallest absolute Gasteiger partial charge is 0.254 e. The van der Waals surface area contributed by atoms with Crippen molar-refractivity contribution in [3.05, 3.63) is 76.3 Å². The minimum Gasteiger partial charge on any atom is -0.322 e. The van der Waals surface area contributed by atoms with Crippen LogP contribution < -0.4 is 16.3 Å². The van der Waals surface area contributed by atoms with Crippen molar-refractivity contribution < 1.29 is 4.79 Å². The van der Waals surface area contributed by atoms with E-state index in [1.165, 1.54) is 17.8 Å². The maximum Gasteiger partial charge on any atom is 0.254 e. The molecule has 1 aliphatic rings. The third-order valence-corrected chi connectivity index (χ3v) is 4.71. The minimum atomic E-state index is -0.409. The van der Waals surface area contributed by atoms with Crippen molar-refractivity contribution in [2.45, 2.75) is 5.50 Å². The van der Waals surface area contributed by atoms with E-state index in [1.807, 2.05) is 24.3 Å². The predicted octanol–water partition coefficient (Wildman–Crippen LogP) is 1.63. The number of amides is 1. The van der Waals surface area contributed by atoms with Gasteiger partial charge in [-0.2, -0.15) is 5.10 Å². The van der Waals surface area contributed by atoms with Crippen molar-refractivity contribution >= 4 is 33.6 Å². The number of carbonyl (C=O) groups is 1. The summed E-state index contributed by atoms with van der Waals surface area (Å²) in [5.74, 6) is -0.335. The fourth-order valence-electron chi connectivity index (χ4n) is 2.56. The number of fused-ring (bicyclic) bond motifs is 1. The molecule has 0 spiro atoms. The Hall–Kier alpha value is -3.13. The average Bonchev–Trinajstić information content (AvgIpc) is 3.10. The molecule has 0 aliphatic carbocycles. The summed E-state index contributed by atoms with van der Waals surface area (Å²) >= 11 is 1.39. The van der Waals surface area contributed by atoms with E-state index in [4.69, 9.17) is 0 Å². The second-order valence-corrected chi connectivity index (χ2v) is 6.44. The van der Waals surface area contributed by atoms with Crippen molar-refractivity contribution in [1.29, 1.82) is 0 Å². The number of thioether (sulfide) groups is 1. The summed E-state index contributed by atoms with van der Waals surface area (Å²) in [7, 11) is 0. The molecular weight excluding hydrogens is 338 g/mol. The first-order valence-corrected chi connectivity index (χ1v) is 8.42. The van der Waals surface area contributed by atoms with Crippen LogP contribution in [0.3, 0.4) is 0 Å². The number of para-hydroxylation sites is 1. The van der Waals surface area contributed by atoms with Crippen molar-refractivity contribution in [3.8, 4) is 0 Å². The van der Waals surface area contributed by atoms with Gasteiger partial charge in [0.1, 0.15) is 5.04 Å². The molecule has 1 amide bonds. The molecule has 0 fully saturated rings. The van der Waals surface area contributed by atoms with Crippen LogP contribution in [0.25, 0.3) is 10.9 Å². The van der Waals surface area contributed by atoms with E-state index in [2.05, 4.69) is 25.8 Å². The predicted molar refractivity (Wildman–Crippen MR) is 97.3 cm³/mol. The van der Waals surface area contributed by atoms with Crippen LogP contribution in [0.5, 0.6) is 0 Å². The first kappa shape index (κ1) is 15.4. The molecule has 3 aromatic rings. The van der Waals surface area contributed by atoms with Crippen molar-refractivity contribution in [1.82, 2.24) is 20.7 Å². The Bertz CT molecular complexity index is 1030. The van der Waals surface area contributed by atoms with E-state index in [0.29, 0.717) is 16.5 Å². The SMILES string of the molecule is O=C(NC1NN=C(c2ccncc2)S1)c1cc(=O)[nH]c2ccccc12. The van der Waals surface area contributed by atoms with Gasteiger partial charge in [-0.1, -0.05) is 30.0 Å². The topological polar surface area (TPSA) is 99.2 Å². The van der Waals surface area contributed by atoms with Gasteiger partial charge in [0.25, 0.3) is 5.91 Å². The van der Waals surface area contributed by atoms with E-state index in [1.54, 1.807) is 24.5 Å². The summed E-state index contributed by atoms with van der Waals surface area (Å²) < 4.78 is 0. The molecule has 1 aromatic carbocycles. The number of hydrogen-bond acceptors (Lipinski definition) is 6. The highest BCUT2D eigenvalue weighted by atomic mass is 32.2.